The fourth-order valence-electron chi connectivity index (χ4n) is 1.99. The Hall–Kier alpha value is -0.480. The first-order chi connectivity index (χ1) is 7.59. The first-order valence-electron chi connectivity index (χ1n) is 5.30. The number of rotatable bonds is 2. The Bertz CT molecular complexity index is 383. The molecule has 1 aromatic carbocycles. The highest BCUT2D eigenvalue weighted by atomic mass is 79.9. The van der Waals surface area contributed by atoms with Gasteiger partial charge >= 0.3 is 0 Å². The second kappa shape index (κ2) is 4.80. The molecule has 3 unspecified atom stereocenters. The van der Waals surface area contributed by atoms with E-state index < -0.39 is 11.6 Å². The number of hydrogen-bond acceptors (Lipinski definition) is 1. The van der Waals surface area contributed by atoms with Crippen LogP contribution in [-0.4, -0.2) is 12.7 Å². The number of ether oxygens (including phenoxy) is 1. The van der Waals surface area contributed by atoms with E-state index in [2.05, 4.69) is 22.9 Å². The largest absolute Gasteiger partial charge is 0.376 e. The Kier molecular flexibility index (Phi) is 3.60. The Morgan fingerprint density at radius 1 is 1.44 bits per heavy atom. The van der Waals surface area contributed by atoms with Crippen LogP contribution in [0, 0.1) is 17.6 Å². The van der Waals surface area contributed by atoms with Gasteiger partial charge in [-0.1, -0.05) is 28.9 Å². The lowest BCUT2D eigenvalue weighted by molar-refractivity contribution is 0.0927. The van der Waals surface area contributed by atoms with Gasteiger partial charge in [0.05, 0.1) is 10.9 Å². The molecule has 1 aromatic rings. The van der Waals surface area contributed by atoms with Gasteiger partial charge in [0.2, 0.25) is 0 Å². The van der Waals surface area contributed by atoms with Crippen molar-refractivity contribution in [3.8, 4) is 0 Å². The molecule has 0 N–H and O–H groups in total. The maximum atomic E-state index is 13.6. The quantitative estimate of drug-likeness (QED) is 0.753. The van der Waals surface area contributed by atoms with Gasteiger partial charge in [-0.3, -0.25) is 0 Å². The second-order valence-corrected chi connectivity index (χ2v) is 5.16. The third-order valence-electron chi connectivity index (χ3n) is 2.99. The molecule has 0 aliphatic carbocycles. The summed E-state index contributed by atoms with van der Waals surface area (Å²) in [6.45, 7) is 2.78. The molecule has 1 saturated heterocycles. The van der Waals surface area contributed by atoms with Gasteiger partial charge in [-0.15, -0.1) is 0 Å². The third-order valence-corrected chi connectivity index (χ3v) is 4.01. The summed E-state index contributed by atoms with van der Waals surface area (Å²) in [5.74, 6) is -0.695. The summed E-state index contributed by atoms with van der Waals surface area (Å²) in [5, 5.41) is 0. The Balaban J connectivity index is 2.23. The molecule has 0 aromatic heterocycles. The molecule has 4 heteroatoms. The zero-order valence-corrected chi connectivity index (χ0v) is 10.5. The highest BCUT2D eigenvalue weighted by Gasteiger charge is 2.32. The van der Waals surface area contributed by atoms with E-state index >= 15 is 0 Å². The van der Waals surface area contributed by atoms with E-state index in [-0.39, 0.29) is 10.9 Å². The fourth-order valence-corrected chi connectivity index (χ4v) is 3.04. The van der Waals surface area contributed by atoms with Crippen LogP contribution in [-0.2, 0) is 4.74 Å². The van der Waals surface area contributed by atoms with Gasteiger partial charge in [0.1, 0.15) is 11.6 Å². The van der Waals surface area contributed by atoms with E-state index in [1.807, 2.05) is 0 Å². The van der Waals surface area contributed by atoms with Gasteiger partial charge in [0.25, 0.3) is 0 Å². The average molecular weight is 291 g/mol. The van der Waals surface area contributed by atoms with Crippen LogP contribution >= 0.6 is 15.9 Å². The normalized spacial score (nSPS) is 27.0. The van der Waals surface area contributed by atoms with Crippen molar-refractivity contribution in [3.05, 3.63) is 35.4 Å². The number of halogens is 3. The van der Waals surface area contributed by atoms with Crippen molar-refractivity contribution in [2.24, 2.45) is 5.92 Å². The van der Waals surface area contributed by atoms with E-state index in [1.165, 1.54) is 12.1 Å². The van der Waals surface area contributed by atoms with Crippen LogP contribution in [0.15, 0.2) is 18.2 Å². The minimum atomic E-state index is -0.554. The zero-order chi connectivity index (χ0) is 11.7. The van der Waals surface area contributed by atoms with Crippen LogP contribution < -0.4 is 0 Å². The summed E-state index contributed by atoms with van der Waals surface area (Å²) in [6, 6.07) is 3.65. The molecule has 1 nitrogen and oxygen atoms in total. The lowest BCUT2D eigenvalue weighted by Crippen LogP contribution is -2.20. The second-order valence-electron chi connectivity index (χ2n) is 4.17. The van der Waals surface area contributed by atoms with Crippen LogP contribution in [0.25, 0.3) is 0 Å². The van der Waals surface area contributed by atoms with Crippen molar-refractivity contribution in [2.45, 2.75) is 24.3 Å². The van der Waals surface area contributed by atoms with E-state index in [9.17, 15) is 8.78 Å². The van der Waals surface area contributed by atoms with Gasteiger partial charge in [-0.2, -0.15) is 0 Å². The molecule has 2 rings (SSSR count). The molecule has 0 bridgehead atoms. The van der Waals surface area contributed by atoms with Crippen LogP contribution in [0.2, 0.25) is 0 Å². The predicted octanol–water partition coefficient (Wildman–Crippen LogP) is 3.83. The molecule has 0 radical (unpaired) electrons. The summed E-state index contributed by atoms with van der Waals surface area (Å²) < 4.78 is 31.9. The zero-order valence-electron chi connectivity index (χ0n) is 8.92. The van der Waals surface area contributed by atoms with Crippen molar-refractivity contribution in [1.82, 2.24) is 0 Å². The van der Waals surface area contributed by atoms with Gasteiger partial charge in [0.15, 0.2) is 0 Å². The monoisotopic (exact) mass is 290 g/mol. The standard InChI is InChI=1S/C12H13BrF2O/c1-7-4-5-16-12(7)11(13)9-3-2-8(14)6-10(9)15/h2-3,6-7,11-12H,4-5H2,1H3. The van der Waals surface area contributed by atoms with Crippen molar-refractivity contribution in [1.29, 1.82) is 0 Å². The van der Waals surface area contributed by atoms with E-state index in [0.29, 0.717) is 18.1 Å². The van der Waals surface area contributed by atoms with Crippen molar-refractivity contribution >= 4 is 15.9 Å². The van der Waals surface area contributed by atoms with Crippen molar-refractivity contribution in [3.63, 3.8) is 0 Å². The molecular weight excluding hydrogens is 278 g/mol. The third kappa shape index (κ3) is 2.28. The Labute approximate surface area is 102 Å². The van der Waals surface area contributed by atoms with E-state index in [4.69, 9.17) is 4.74 Å². The summed E-state index contributed by atoms with van der Waals surface area (Å²) in [7, 11) is 0. The molecule has 88 valence electrons. The maximum Gasteiger partial charge on any atom is 0.130 e. The van der Waals surface area contributed by atoms with Crippen LogP contribution in [0.4, 0.5) is 8.78 Å². The first kappa shape index (κ1) is 12.0. The summed E-state index contributed by atoms with van der Waals surface area (Å²) in [4.78, 5) is -0.217. The predicted molar refractivity (Wildman–Crippen MR) is 61.5 cm³/mol. The average Bonchev–Trinajstić information content (AvgIpc) is 2.63. The molecular formula is C12H13BrF2O. The van der Waals surface area contributed by atoms with Crippen LogP contribution in [0.3, 0.4) is 0 Å². The number of benzene rings is 1. The molecule has 0 saturated carbocycles. The molecule has 3 atom stereocenters. The molecule has 1 heterocycles. The fraction of sp³-hybridized carbons (Fsp3) is 0.500. The van der Waals surface area contributed by atoms with Crippen molar-refractivity contribution < 1.29 is 13.5 Å². The van der Waals surface area contributed by atoms with E-state index in [0.717, 1.165) is 12.5 Å². The molecule has 0 spiro atoms. The summed E-state index contributed by atoms with van der Waals surface area (Å²) in [6.07, 6.45) is 0.940. The summed E-state index contributed by atoms with van der Waals surface area (Å²) in [5.41, 5.74) is 0.458. The minimum Gasteiger partial charge on any atom is -0.376 e. The highest BCUT2D eigenvalue weighted by Crippen LogP contribution is 2.38. The van der Waals surface area contributed by atoms with Crippen LogP contribution in [0.1, 0.15) is 23.7 Å². The lowest BCUT2D eigenvalue weighted by Gasteiger charge is -2.21. The molecule has 1 aliphatic rings. The highest BCUT2D eigenvalue weighted by molar-refractivity contribution is 9.09. The summed E-state index contributed by atoms with van der Waals surface area (Å²) >= 11 is 3.44. The van der Waals surface area contributed by atoms with Gasteiger partial charge in [-0.05, 0) is 18.4 Å². The Morgan fingerprint density at radius 2 is 2.19 bits per heavy atom. The molecule has 1 aliphatic heterocycles. The van der Waals surface area contributed by atoms with Crippen molar-refractivity contribution in [2.75, 3.05) is 6.61 Å². The lowest BCUT2D eigenvalue weighted by atomic mass is 9.97. The maximum absolute atomic E-state index is 13.6. The van der Waals surface area contributed by atoms with Crippen LogP contribution in [0.5, 0.6) is 0 Å². The minimum absolute atomic E-state index is 0.0417. The first-order valence-corrected chi connectivity index (χ1v) is 6.22. The van der Waals surface area contributed by atoms with Gasteiger partial charge in [0, 0.05) is 18.2 Å². The SMILES string of the molecule is CC1CCOC1C(Br)c1ccc(F)cc1F. The molecule has 0 amide bonds. The smallest absolute Gasteiger partial charge is 0.130 e. The number of hydrogen-bond donors (Lipinski definition) is 0. The topological polar surface area (TPSA) is 9.23 Å². The van der Waals surface area contributed by atoms with Gasteiger partial charge < -0.3 is 4.74 Å². The molecule has 16 heavy (non-hydrogen) atoms. The number of alkyl halides is 1. The van der Waals surface area contributed by atoms with Gasteiger partial charge in [-0.25, -0.2) is 8.78 Å². The molecule has 1 fully saturated rings. The Morgan fingerprint density at radius 3 is 2.75 bits per heavy atom. The van der Waals surface area contributed by atoms with E-state index in [1.54, 1.807) is 0 Å².